The summed E-state index contributed by atoms with van der Waals surface area (Å²) >= 11 is 0. The zero-order valence-electron chi connectivity index (χ0n) is 21.0. The number of aromatic nitrogens is 2. The molecule has 40 heavy (non-hydrogen) atoms. The Balaban J connectivity index is 1.53. The van der Waals surface area contributed by atoms with E-state index in [0.717, 1.165) is 65.7 Å². The molecule has 4 bridgehead atoms. The van der Waals surface area contributed by atoms with Gasteiger partial charge in [0.2, 0.25) is 0 Å². The predicted molar refractivity (Wildman–Crippen MR) is 151 cm³/mol. The number of amidine groups is 2. The molecule has 0 amide bonds. The largest absolute Gasteiger partial charge is 0.234 e. The van der Waals surface area contributed by atoms with Gasteiger partial charge in [-0.2, -0.15) is 0 Å². The van der Waals surface area contributed by atoms with Crippen LogP contribution in [0.15, 0.2) is 127 Å². The standard InChI is InChI=1S/C32H18N8/c1-2-10-18-17(9-1)25-33-26(18)36-30-23-15-7-8-16-24(23)32-38-28-20-12-4-3-11-19(20)27(34-28)37-31-22-14-6-5-13-21(22)29(35-25)39(31)40(30)32/h1-16,25,28H. The van der Waals surface area contributed by atoms with Crippen LogP contribution in [0.5, 0.6) is 0 Å². The van der Waals surface area contributed by atoms with Crippen molar-refractivity contribution in [1.29, 1.82) is 0 Å². The summed E-state index contributed by atoms with van der Waals surface area (Å²) in [7, 11) is 0. The van der Waals surface area contributed by atoms with Gasteiger partial charge in [0.1, 0.15) is 0 Å². The van der Waals surface area contributed by atoms with E-state index in [1.807, 2.05) is 48.5 Å². The third-order valence-electron chi connectivity index (χ3n) is 8.18. The lowest BCUT2D eigenvalue weighted by Gasteiger charge is -2.11. The van der Waals surface area contributed by atoms with E-state index < -0.39 is 12.3 Å². The number of rotatable bonds is 0. The van der Waals surface area contributed by atoms with Gasteiger partial charge in [-0.15, -0.1) is 0 Å². The normalized spacial score (nSPS) is 19.1. The smallest absolute Gasteiger partial charge is 0.170 e. The van der Waals surface area contributed by atoms with Crippen LogP contribution < -0.4 is 22.0 Å². The molecule has 0 saturated carbocycles. The molecular formula is C32H18N8. The third-order valence-corrected chi connectivity index (χ3v) is 8.18. The molecule has 6 aromatic rings. The molecule has 0 aliphatic carbocycles. The van der Waals surface area contributed by atoms with E-state index in [9.17, 15) is 0 Å². The lowest BCUT2D eigenvalue weighted by Crippen LogP contribution is -2.45. The van der Waals surface area contributed by atoms with Crippen molar-refractivity contribution in [3.8, 4) is 0 Å². The lowest BCUT2D eigenvalue weighted by molar-refractivity contribution is 0.547. The predicted octanol–water partition coefficient (Wildman–Crippen LogP) is 3.33. The van der Waals surface area contributed by atoms with Gasteiger partial charge in [0.05, 0.1) is 0 Å². The Labute approximate surface area is 226 Å². The van der Waals surface area contributed by atoms with E-state index in [2.05, 4.69) is 57.9 Å². The molecule has 2 aromatic heterocycles. The maximum absolute atomic E-state index is 5.32. The Morgan fingerprint density at radius 2 is 0.775 bits per heavy atom. The van der Waals surface area contributed by atoms with E-state index in [4.69, 9.17) is 30.0 Å². The van der Waals surface area contributed by atoms with Gasteiger partial charge in [0, 0.05) is 43.8 Å². The topological polar surface area (TPSA) is 84.0 Å². The van der Waals surface area contributed by atoms with Crippen LogP contribution in [0.4, 0.5) is 0 Å². The molecule has 4 aliphatic heterocycles. The highest BCUT2D eigenvalue weighted by molar-refractivity contribution is 6.04. The first-order valence-corrected chi connectivity index (χ1v) is 13.3. The molecule has 0 N–H and O–H groups in total. The second-order valence-corrected chi connectivity index (χ2v) is 10.3. The highest BCUT2D eigenvalue weighted by atomic mass is 15.5. The summed E-state index contributed by atoms with van der Waals surface area (Å²) in [6.45, 7) is 0. The van der Waals surface area contributed by atoms with Crippen LogP contribution in [0, 0.1) is 0 Å². The van der Waals surface area contributed by atoms with Crippen molar-refractivity contribution in [2.24, 2.45) is 30.0 Å². The second kappa shape index (κ2) is 7.12. The number of hydrogen-bond donors (Lipinski definition) is 0. The molecule has 2 atom stereocenters. The molecule has 2 unspecified atom stereocenters. The fraction of sp³-hybridized carbons (Fsp3) is 0.0625. The average molecular weight is 515 g/mol. The van der Waals surface area contributed by atoms with Crippen molar-refractivity contribution >= 4 is 33.2 Å². The van der Waals surface area contributed by atoms with Gasteiger partial charge >= 0.3 is 0 Å². The zero-order chi connectivity index (χ0) is 25.9. The van der Waals surface area contributed by atoms with Gasteiger partial charge in [-0.25, -0.2) is 39.3 Å². The molecule has 4 aromatic carbocycles. The molecule has 8 heteroatoms. The van der Waals surface area contributed by atoms with Crippen LogP contribution in [-0.2, 0) is 0 Å². The van der Waals surface area contributed by atoms with Crippen molar-refractivity contribution in [3.05, 3.63) is 141 Å². The highest BCUT2D eigenvalue weighted by Gasteiger charge is 2.30. The van der Waals surface area contributed by atoms with Gasteiger partial charge in [0.15, 0.2) is 46.0 Å². The molecule has 4 aliphatic rings. The first-order chi connectivity index (χ1) is 19.8. The molecule has 0 radical (unpaired) electrons. The minimum Gasteiger partial charge on any atom is -0.234 e. The Morgan fingerprint density at radius 1 is 0.400 bits per heavy atom. The summed E-state index contributed by atoms with van der Waals surface area (Å²) in [6.07, 6.45) is -0.813. The number of fused-ring (bicyclic) bond motifs is 14. The average Bonchev–Trinajstić information content (AvgIpc) is 3.72. The Morgan fingerprint density at radius 3 is 1.23 bits per heavy atom. The van der Waals surface area contributed by atoms with Crippen molar-refractivity contribution < 1.29 is 0 Å². The molecule has 8 nitrogen and oxygen atoms in total. The number of benzene rings is 4. The van der Waals surface area contributed by atoms with E-state index in [0.29, 0.717) is 11.7 Å². The fourth-order valence-electron chi connectivity index (χ4n) is 6.41. The van der Waals surface area contributed by atoms with E-state index in [1.165, 1.54) is 0 Å². The first kappa shape index (κ1) is 20.5. The fourth-order valence-corrected chi connectivity index (χ4v) is 6.41. The van der Waals surface area contributed by atoms with Crippen molar-refractivity contribution in [1.82, 2.24) is 9.35 Å². The lowest BCUT2D eigenvalue weighted by atomic mass is 10.1. The second-order valence-electron chi connectivity index (χ2n) is 10.3. The minimum absolute atomic E-state index is 0.407. The first-order valence-electron chi connectivity index (χ1n) is 13.3. The summed E-state index contributed by atoms with van der Waals surface area (Å²) < 4.78 is 4.15. The van der Waals surface area contributed by atoms with E-state index >= 15 is 0 Å². The molecule has 10 rings (SSSR count). The van der Waals surface area contributed by atoms with Crippen LogP contribution >= 0.6 is 0 Å². The molecule has 186 valence electrons. The highest BCUT2D eigenvalue weighted by Crippen LogP contribution is 2.33. The van der Waals surface area contributed by atoms with Gasteiger partial charge in [-0.3, -0.25) is 0 Å². The molecule has 0 saturated heterocycles. The number of nitrogens with zero attached hydrogens (tertiary/aromatic N) is 8. The molecule has 6 heterocycles. The summed E-state index contributed by atoms with van der Waals surface area (Å²) in [6, 6.07) is 33.0. The SMILES string of the molecule is c1ccc2c(c1)C1=NC2N=c2c3ccccc3c3n2-n2c(c4ccccc4c2=NC2N=C(N=3)c3ccccc32)=N1. The Kier molecular flexibility index (Phi) is 3.64. The number of hydrogen-bond acceptors (Lipinski definition) is 6. The van der Waals surface area contributed by atoms with Crippen LogP contribution in [0.25, 0.3) is 21.5 Å². The summed E-state index contributed by atoms with van der Waals surface area (Å²) in [5.74, 6) is 1.35. The summed E-state index contributed by atoms with van der Waals surface area (Å²) in [4.78, 5) is 31.2. The van der Waals surface area contributed by atoms with Crippen LogP contribution in [0.3, 0.4) is 0 Å². The maximum atomic E-state index is 5.32. The maximum Gasteiger partial charge on any atom is 0.170 e. The zero-order valence-corrected chi connectivity index (χ0v) is 21.0. The summed E-state index contributed by atoms with van der Waals surface area (Å²) in [5, 5.41) is 3.95. The van der Waals surface area contributed by atoms with Crippen LogP contribution in [-0.4, -0.2) is 21.0 Å². The van der Waals surface area contributed by atoms with Gasteiger partial charge in [-0.05, 0) is 0 Å². The quantitative estimate of drug-likeness (QED) is 0.298. The van der Waals surface area contributed by atoms with Crippen molar-refractivity contribution in [2.75, 3.05) is 0 Å². The molecule has 0 fully saturated rings. The van der Waals surface area contributed by atoms with Crippen LogP contribution in [0.1, 0.15) is 34.6 Å². The van der Waals surface area contributed by atoms with Gasteiger partial charge in [0.25, 0.3) is 0 Å². The van der Waals surface area contributed by atoms with E-state index in [-0.39, 0.29) is 0 Å². The molecule has 0 spiro atoms. The van der Waals surface area contributed by atoms with Crippen molar-refractivity contribution in [3.63, 3.8) is 0 Å². The summed E-state index contributed by atoms with van der Waals surface area (Å²) in [5.41, 5.74) is 7.12. The van der Waals surface area contributed by atoms with E-state index in [1.54, 1.807) is 0 Å². The Bertz CT molecular complexity index is 2290. The van der Waals surface area contributed by atoms with Crippen molar-refractivity contribution in [2.45, 2.75) is 12.3 Å². The third kappa shape index (κ3) is 2.46. The minimum atomic E-state index is -0.407. The number of aliphatic imine (C=N–C) groups is 2. The Hall–Kier alpha value is -5.50. The molecular weight excluding hydrogens is 496 g/mol. The van der Waals surface area contributed by atoms with Crippen LogP contribution in [0.2, 0.25) is 0 Å². The van der Waals surface area contributed by atoms with Gasteiger partial charge < -0.3 is 0 Å². The van der Waals surface area contributed by atoms with Gasteiger partial charge in [-0.1, -0.05) is 97.1 Å². The monoisotopic (exact) mass is 514 g/mol.